The van der Waals surface area contributed by atoms with Gasteiger partial charge in [0.25, 0.3) is 0 Å². The van der Waals surface area contributed by atoms with Crippen LogP contribution in [0.5, 0.6) is 0 Å². The molecule has 1 N–H and O–H groups in total. The molecule has 0 bridgehead atoms. The van der Waals surface area contributed by atoms with Crippen LogP contribution in [0.1, 0.15) is 49.3 Å². The van der Waals surface area contributed by atoms with Crippen molar-refractivity contribution in [2.24, 2.45) is 0 Å². The SMILES string of the molecule is CCc1cccc(C)c1NC(=O)/C=C/c1ccc(S(=O)(=O)N2CCCCCC2)cc1. The van der Waals surface area contributed by atoms with Crippen molar-refractivity contribution in [3.05, 3.63) is 65.2 Å². The number of carbonyl (C=O) groups is 1. The fourth-order valence-electron chi connectivity index (χ4n) is 3.72. The summed E-state index contributed by atoms with van der Waals surface area (Å²) in [5.41, 5.74) is 3.76. The molecule has 2 aromatic rings. The first-order chi connectivity index (χ1) is 14.4. The number of amides is 1. The lowest BCUT2D eigenvalue weighted by Crippen LogP contribution is -2.31. The number of hydrogen-bond donors (Lipinski definition) is 1. The summed E-state index contributed by atoms with van der Waals surface area (Å²) in [7, 11) is -3.46. The third kappa shape index (κ3) is 5.37. The van der Waals surface area contributed by atoms with Crippen molar-refractivity contribution >= 4 is 27.7 Å². The standard InChI is InChI=1S/C24H30N2O3S/c1-3-21-10-8-9-19(2)24(21)25-23(27)16-13-20-11-14-22(15-12-20)30(28,29)26-17-6-4-5-7-18-26/h8-16H,3-7,17-18H2,1-2H3,(H,25,27)/b16-13+. The molecule has 6 heteroatoms. The Morgan fingerprint density at radius 3 is 2.33 bits per heavy atom. The summed E-state index contributed by atoms with van der Waals surface area (Å²) < 4.78 is 27.3. The molecule has 5 nitrogen and oxygen atoms in total. The molecule has 0 aromatic heterocycles. The van der Waals surface area contributed by atoms with Crippen LogP contribution >= 0.6 is 0 Å². The van der Waals surface area contributed by atoms with Gasteiger partial charge in [-0.2, -0.15) is 4.31 Å². The molecule has 0 saturated carbocycles. The van der Waals surface area contributed by atoms with Gasteiger partial charge in [-0.3, -0.25) is 4.79 Å². The van der Waals surface area contributed by atoms with E-state index in [9.17, 15) is 13.2 Å². The van der Waals surface area contributed by atoms with Gasteiger partial charge in [-0.1, -0.05) is 50.1 Å². The number of aryl methyl sites for hydroxylation is 2. The number of anilines is 1. The van der Waals surface area contributed by atoms with Gasteiger partial charge in [-0.05, 0) is 61.1 Å². The summed E-state index contributed by atoms with van der Waals surface area (Å²) in [5, 5.41) is 2.96. The first-order valence-electron chi connectivity index (χ1n) is 10.6. The van der Waals surface area contributed by atoms with E-state index in [1.54, 1.807) is 34.6 Å². The van der Waals surface area contributed by atoms with Crippen molar-refractivity contribution in [3.8, 4) is 0 Å². The fourth-order valence-corrected chi connectivity index (χ4v) is 5.24. The third-order valence-corrected chi connectivity index (χ3v) is 7.41. The van der Waals surface area contributed by atoms with Gasteiger partial charge < -0.3 is 5.32 Å². The molecule has 1 saturated heterocycles. The average molecular weight is 427 g/mol. The van der Waals surface area contributed by atoms with Crippen LogP contribution in [0.3, 0.4) is 0 Å². The summed E-state index contributed by atoms with van der Waals surface area (Å²) in [4.78, 5) is 12.7. The van der Waals surface area contributed by atoms with E-state index in [0.717, 1.165) is 54.5 Å². The van der Waals surface area contributed by atoms with Crippen molar-refractivity contribution < 1.29 is 13.2 Å². The first-order valence-corrected chi connectivity index (χ1v) is 12.0. The lowest BCUT2D eigenvalue weighted by Gasteiger charge is -2.19. The zero-order valence-electron chi connectivity index (χ0n) is 17.7. The second kappa shape index (κ2) is 10.0. The Morgan fingerprint density at radius 1 is 1.03 bits per heavy atom. The van der Waals surface area contributed by atoms with Gasteiger partial charge in [0.15, 0.2) is 0 Å². The Balaban J connectivity index is 1.68. The lowest BCUT2D eigenvalue weighted by molar-refractivity contribution is -0.111. The van der Waals surface area contributed by atoms with Gasteiger partial charge in [-0.15, -0.1) is 0 Å². The minimum absolute atomic E-state index is 0.208. The summed E-state index contributed by atoms with van der Waals surface area (Å²) in [6, 6.07) is 12.7. The maximum absolute atomic E-state index is 12.9. The Labute approximate surface area is 179 Å². The van der Waals surface area contributed by atoms with Crippen molar-refractivity contribution in [1.82, 2.24) is 4.31 Å². The molecule has 0 radical (unpaired) electrons. The topological polar surface area (TPSA) is 66.5 Å². The van der Waals surface area contributed by atoms with Gasteiger partial charge in [-0.25, -0.2) is 8.42 Å². The van der Waals surface area contributed by atoms with Crippen LogP contribution in [0, 0.1) is 6.92 Å². The van der Waals surface area contributed by atoms with Gasteiger partial charge >= 0.3 is 0 Å². The summed E-state index contributed by atoms with van der Waals surface area (Å²) in [6.45, 7) is 5.20. The van der Waals surface area contributed by atoms with Crippen molar-refractivity contribution in [1.29, 1.82) is 0 Å². The number of nitrogens with one attached hydrogen (secondary N) is 1. The summed E-state index contributed by atoms with van der Waals surface area (Å²) in [5.74, 6) is -0.208. The zero-order valence-corrected chi connectivity index (χ0v) is 18.5. The number of nitrogens with zero attached hydrogens (tertiary/aromatic N) is 1. The van der Waals surface area contributed by atoms with Crippen LogP contribution in [0.25, 0.3) is 6.08 Å². The third-order valence-electron chi connectivity index (χ3n) is 5.50. The van der Waals surface area contributed by atoms with E-state index in [2.05, 4.69) is 12.2 Å². The average Bonchev–Trinajstić information content (AvgIpc) is 3.04. The van der Waals surface area contributed by atoms with Crippen molar-refractivity contribution in [2.45, 2.75) is 50.8 Å². The molecule has 1 fully saturated rings. The number of carbonyl (C=O) groups excluding carboxylic acids is 1. The quantitative estimate of drug-likeness (QED) is 0.677. The molecule has 1 amide bonds. The molecule has 160 valence electrons. The van der Waals surface area contributed by atoms with Crippen LogP contribution < -0.4 is 5.32 Å². The minimum Gasteiger partial charge on any atom is -0.322 e. The lowest BCUT2D eigenvalue weighted by atomic mass is 10.1. The minimum atomic E-state index is -3.46. The fraction of sp³-hybridized carbons (Fsp3) is 0.375. The molecule has 0 atom stereocenters. The number of para-hydroxylation sites is 1. The van der Waals surface area contributed by atoms with E-state index >= 15 is 0 Å². The smallest absolute Gasteiger partial charge is 0.248 e. The molecule has 0 spiro atoms. The highest BCUT2D eigenvalue weighted by molar-refractivity contribution is 7.89. The number of sulfonamides is 1. The van der Waals surface area contributed by atoms with Crippen LogP contribution in [0.15, 0.2) is 53.4 Å². The number of benzene rings is 2. The highest BCUT2D eigenvalue weighted by atomic mass is 32.2. The Morgan fingerprint density at radius 2 is 1.70 bits per heavy atom. The molecule has 3 rings (SSSR count). The molecule has 2 aromatic carbocycles. The normalized spacial score (nSPS) is 15.8. The van der Waals surface area contributed by atoms with Crippen LogP contribution in [-0.2, 0) is 21.2 Å². The molecular weight excluding hydrogens is 396 g/mol. The Kier molecular flexibility index (Phi) is 7.45. The Bertz CT molecular complexity index is 1000. The molecule has 30 heavy (non-hydrogen) atoms. The summed E-state index contributed by atoms with van der Waals surface area (Å²) in [6.07, 6.45) is 8.01. The second-order valence-corrected chi connectivity index (χ2v) is 9.61. The maximum Gasteiger partial charge on any atom is 0.248 e. The van der Waals surface area contributed by atoms with E-state index < -0.39 is 10.0 Å². The van der Waals surface area contributed by atoms with Gasteiger partial charge in [0.05, 0.1) is 4.90 Å². The molecule has 1 aliphatic rings. The van der Waals surface area contributed by atoms with E-state index in [1.807, 2.05) is 25.1 Å². The highest BCUT2D eigenvalue weighted by Gasteiger charge is 2.24. The van der Waals surface area contributed by atoms with E-state index in [0.29, 0.717) is 18.0 Å². The molecule has 1 aliphatic heterocycles. The second-order valence-electron chi connectivity index (χ2n) is 7.67. The van der Waals surface area contributed by atoms with E-state index in [1.165, 1.54) is 6.08 Å². The summed E-state index contributed by atoms with van der Waals surface area (Å²) >= 11 is 0. The predicted octanol–water partition coefficient (Wildman–Crippen LogP) is 4.77. The van der Waals surface area contributed by atoms with Gasteiger partial charge in [0.2, 0.25) is 15.9 Å². The molecular formula is C24H30N2O3S. The van der Waals surface area contributed by atoms with Crippen molar-refractivity contribution in [3.63, 3.8) is 0 Å². The molecule has 1 heterocycles. The van der Waals surface area contributed by atoms with Gasteiger partial charge in [0, 0.05) is 24.9 Å². The largest absolute Gasteiger partial charge is 0.322 e. The maximum atomic E-state index is 12.9. The number of hydrogen-bond acceptors (Lipinski definition) is 3. The van der Waals surface area contributed by atoms with Crippen LogP contribution in [0.4, 0.5) is 5.69 Å². The van der Waals surface area contributed by atoms with E-state index in [-0.39, 0.29) is 5.91 Å². The van der Waals surface area contributed by atoms with Crippen molar-refractivity contribution in [2.75, 3.05) is 18.4 Å². The van der Waals surface area contributed by atoms with Gasteiger partial charge in [0.1, 0.15) is 0 Å². The Hall–Kier alpha value is -2.44. The monoisotopic (exact) mass is 426 g/mol. The van der Waals surface area contributed by atoms with E-state index in [4.69, 9.17) is 0 Å². The number of rotatable bonds is 6. The van der Waals surface area contributed by atoms with Crippen LogP contribution in [-0.4, -0.2) is 31.7 Å². The molecule has 0 aliphatic carbocycles. The predicted molar refractivity (Wildman–Crippen MR) is 122 cm³/mol. The zero-order chi connectivity index (χ0) is 21.6. The highest BCUT2D eigenvalue weighted by Crippen LogP contribution is 2.22. The first kappa shape index (κ1) is 22.2. The van der Waals surface area contributed by atoms with Crippen LogP contribution in [0.2, 0.25) is 0 Å². The molecule has 0 unspecified atom stereocenters.